The van der Waals surface area contributed by atoms with Crippen molar-refractivity contribution in [3.63, 3.8) is 0 Å². The number of hydrogen-bond acceptors (Lipinski definition) is 4. The van der Waals surface area contributed by atoms with E-state index in [0.29, 0.717) is 30.1 Å². The van der Waals surface area contributed by atoms with Crippen molar-refractivity contribution in [2.75, 3.05) is 43.3 Å². The van der Waals surface area contributed by atoms with Crippen LogP contribution >= 0.6 is 11.6 Å². The van der Waals surface area contributed by atoms with Gasteiger partial charge in [-0.2, -0.15) is 0 Å². The first-order valence-electron chi connectivity index (χ1n) is 10.4. The minimum atomic E-state index is -3.46. The third-order valence-corrected chi connectivity index (χ3v) is 6.98. The van der Waals surface area contributed by atoms with Gasteiger partial charge in [-0.25, -0.2) is 8.42 Å². The molecule has 6 nitrogen and oxygen atoms in total. The zero-order valence-corrected chi connectivity index (χ0v) is 19.4. The molecule has 1 atom stereocenters. The summed E-state index contributed by atoms with van der Waals surface area (Å²) in [5, 5.41) is 3.48. The Balaban J connectivity index is 1.74. The van der Waals surface area contributed by atoms with Crippen LogP contribution in [0.5, 0.6) is 0 Å². The van der Waals surface area contributed by atoms with Gasteiger partial charge in [0, 0.05) is 31.1 Å². The van der Waals surface area contributed by atoms with Gasteiger partial charge in [-0.1, -0.05) is 24.6 Å². The Bertz CT molecular complexity index is 785. The van der Waals surface area contributed by atoms with Gasteiger partial charge in [0.25, 0.3) is 0 Å². The van der Waals surface area contributed by atoms with Crippen molar-refractivity contribution in [1.82, 2.24) is 10.2 Å². The van der Waals surface area contributed by atoms with Gasteiger partial charge in [0.05, 0.1) is 11.9 Å². The zero-order chi connectivity index (χ0) is 21.4. The summed E-state index contributed by atoms with van der Waals surface area (Å²) in [4.78, 5) is 14.6. The van der Waals surface area contributed by atoms with Crippen molar-refractivity contribution >= 4 is 33.2 Å². The predicted molar refractivity (Wildman–Crippen MR) is 120 cm³/mol. The second kappa shape index (κ2) is 11.2. The average Bonchev–Trinajstić information content (AvgIpc) is 2.64. The van der Waals surface area contributed by atoms with Crippen LogP contribution in [0.3, 0.4) is 0 Å². The SMILES string of the molecule is Cc1c(Cl)cccc1N(CCCC(=O)NCCCN1CCC[C@@H](C)C1)S(C)(=O)=O. The van der Waals surface area contributed by atoms with Crippen molar-refractivity contribution in [3.8, 4) is 0 Å². The van der Waals surface area contributed by atoms with Crippen LogP contribution in [0.15, 0.2) is 18.2 Å². The number of likely N-dealkylation sites (tertiary alicyclic amines) is 1. The van der Waals surface area contributed by atoms with E-state index in [1.807, 2.05) is 0 Å². The van der Waals surface area contributed by atoms with E-state index >= 15 is 0 Å². The van der Waals surface area contributed by atoms with Crippen LogP contribution in [0.25, 0.3) is 0 Å². The highest BCUT2D eigenvalue weighted by molar-refractivity contribution is 7.92. The van der Waals surface area contributed by atoms with Gasteiger partial charge in [-0.15, -0.1) is 0 Å². The summed E-state index contributed by atoms with van der Waals surface area (Å²) in [5.74, 6) is 0.729. The molecular formula is C21H34ClN3O3S. The summed E-state index contributed by atoms with van der Waals surface area (Å²) in [7, 11) is -3.46. The molecule has 0 saturated carbocycles. The Morgan fingerprint density at radius 3 is 2.79 bits per heavy atom. The lowest BCUT2D eigenvalue weighted by Gasteiger charge is -2.30. The summed E-state index contributed by atoms with van der Waals surface area (Å²) < 4.78 is 25.8. The van der Waals surface area contributed by atoms with Crippen molar-refractivity contribution in [3.05, 3.63) is 28.8 Å². The largest absolute Gasteiger partial charge is 0.356 e. The highest BCUT2D eigenvalue weighted by Gasteiger charge is 2.20. The molecule has 29 heavy (non-hydrogen) atoms. The summed E-state index contributed by atoms with van der Waals surface area (Å²) in [6, 6.07) is 5.21. The third-order valence-electron chi connectivity index (χ3n) is 5.39. The van der Waals surface area contributed by atoms with Crippen LogP contribution in [-0.4, -0.2) is 58.2 Å². The molecule has 0 radical (unpaired) electrons. The Labute approximate surface area is 180 Å². The number of halogens is 1. The Morgan fingerprint density at radius 1 is 1.34 bits per heavy atom. The number of nitrogens with zero attached hydrogens (tertiary/aromatic N) is 2. The van der Waals surface area contributed by atoms with Crippen LogP contribution in [-0.2, 0) is 14.8 Å². The number of anilines is 1. The molecule has 2 rings (SSSR count). The van der Waals surface area contributed by atoms with Crippen LogP contribution in [0.2, 0.25) is 5.02 Å². The molecule has 8 heteroatoms. The van der Waals surface area contributed by atoms with Gasteiger partial charge >= 0.3 is 0 Å². The molecule has 0 unspecified atom stereocenters. The third kappa shape index (κ3) is 7.79. The first kappa shape index (κ1) is 24.0. The van der Waals surface area contributed by atoms with E-state index in [4.69, 9.17) is 11.6 Å². The fourth-order valence-electron chi connectivity index (χ4n) is 3.82. The standard InChI is InChI=1S/C21H34ClN3O3S/c1-17-8-5-13-24(16-17)14-7-12-23-21(26)11-6-15-25(29(3,27)28)20-10-4-9-19(22)18(20)2/h4,9-10,17H,5-8,11-16H2,1-3H3,(H,23,26)/t17-/m1/s1. The Morgan fingerprint density at radius 2 is 2.10 bits per heavy atom. The molecule has 0 bridgehead atoms. The van der Waals surface area contributed by atoms with Gasteiger partial charge in [0.2, 0.25) is 15.9 Å². The van der Waals surface area contributed by atoms with Crippen molar-refractivity contribution < 1.29 is 13.2 Å². The normalized spacial score (nSPS) is 17.9. The molecular weight excluding hydrogens is 410 g/mol. The van der Waals surface area contributed by atoms with E-state index in [1.165, 1.54) is 23.4 Å². The topological polar surface area (TPSA) is 69.7 Å². The number of carbonyl (C=O) groups excluding carboxylic acids is 1. The predicted octanol–water partition coefficient (Wildman–Crippen LogP) is 3.43. The van der Waals surface area contributed by atoms with E-state index < -0.39 is 10.0 Å². The first-order valence-corrected chi connectivity index (χ1v) is 12.6. The maximum Gasteiger partial charge on any atom is 0.232 e. The van der Waals surface area contributed by atoms with Crippen LogP contribution in [0.4, 0.5) is 5.69 Å². The second-order valence-electron chi connectivity index (χ2n) is 8.07. The second-order valence-corrected chi connectivity index (χ2v) is 10.4. The van der Waals surface area contributed by atoms with Gasteiger partial charge < -0.3 is 10.2 Å². The smallest absolute Gasteiger partial charge is 0.232 e. The Hall–Kier alpha value is -1.31. The molecule has 1 saturated heterocycles. The Kier molecular flexibility index (Phi) is 9.24. The van der Waals surface area contributed by atoms with Crippen LogP contribution in [0, 0.1) is 12.8 Å². The monoisotopic (exact) mass is 443 g/mol. The average molecular weight is 444 g/mol. The molecule has 0 aromatic heterocycles. The molecule has 1 amide bonds. The number of piperidine rings is 1. The summed E-state index contributed by atoms with van der Waals surface area (Å²) in [6.45, 7) is 8.32. The molecule has 0 spiro atoms. The van der Waals surface area contributed by atoms with Gasteiger partial charge in [0.15, 0.2) is 0 Å². The highest BCUT2D eigenvalue weighted by Crippen LogP contribution is 2.28. The number of hydrogen-bond donors (Lipinski definition) is 1. The molecule has 1 aliphatic heterocycles. The molecule has 164 valence electrons. The molecule has 1 aliphatic rings. The van der Waals surface area contributed by atoms with Crippen molar-refractivity contribution in [1.29, 1.82) is 0 Å². The number of sulfonamides is 1. The van der Waals surface area contributed by atoms with E-state index in [0.717, 1.165) is 37.5 Å². The molecule has 0 aliphatic carbocycles. The number of amides is 1. The lowest BCUT2D eigenvalue weighted by molar-refractivity contribution is -0.121. The lowest BCUT2D eigenvalue weighted by Crippen LogP contribution is -2.36. The van der Waals surface area contributed by atoms with E-state index in [1.54, 1.807) is 25.1 Å². The van der Waals surface area contributed by atoms with E-state index in [-0.39, 0.29) is 12.5 Å². The molecule has 1 fully saturated rings. The first-order chi connectivity index (χ1) is 13.7. The van der Waals surface area contributed by atoms with Crippen molar-refractivity contribution in [2.45, 2.75) is 46.0 Å². The summed E-state index contributed by atoms with van der Waals surface area (Å²) in [6.07, 6.45) is 5.44. The fraction of sp³-hybridized carbons (Fsp3) is 0.667. The number of rotatable bonds is 10. The van der Waals surface area contributed by atoms with E-state index in [2.05, 4.69) is 17.1 Å². The molecule has 1 N–H and O–H groups in total. The fourth-order valence-corrected chi connectivity index (χ4v) is 5.01. The minimum Gasteiger partial charge on any atom is -0.356 e. The maximum atomic E-state index is 12.2. The number of carbonyl (C=O) groups is 1. The highest BCUT2D eigenvalue weighted by atomic mass is 35.5. The molecule has 1 heterocycles. The van der Waals surface area contributed by atoms with Gasteiger partial charge in [-0.05, 0) is 69.3 Å². The number of benzene rings is 1. The maximum absolute atomic E-state index is 12.2. The van der Waals surface area contributed by atoms with Crippen molar-refractivity contribution in [2.24, 2.45) is 5.92 Å². The summed E-state index contributed by atoms with van der Waals surface area (Å²) in [5.41, 5.74) is 1.28. The van der Waals surface area contributed by atoms with Gasteiger partial charge in [0.1, 0.15) is 0 Å². The summed E-state index contributed by atoms with van der Waals surface area (Å²) >= 11 is 6.14. The quantitative estimate of drug-likeness (QED) is 0.562. The van der Waals surface area contributed by atoms with Gasteiger partial charge in [-0.3, -0.25) is 9.10 Å². The lowest BCUT2D eigenvalue weighted by atomic mass is 10.0. The van der Waals surface area contributed by atoms with Crippen LogP contribution < -0.4 is 9.62 Å². The van der Waals surface area contributed by atoms with E-state index in [9.17, 15) is 13.2 Å². The number of nitrogens with one attached hydrogen (secondary N) is 1. The zero-order valence-electron chi connectivity index (χ0n) is 17.8. The molecule has 1 aromatic rings. The van der Waals surface area contributed by atoms with Crippen LogP contribution in [0.1, 0.15) is 44.6 Å². The minimum absolute atomic E-state index is 0.0340. The molecule has 1 aromatic carbocycles.